The second kappa shape index (κ2) is 9.39. The molecule has 1 N–H and O–H groups in total. The molecule has 0 atom stereocenters. The smallest absolute Gasteiger partial charge is 0.306 e. The van der Waals surface area contributed by atoms with E-state index in [1.807, 2.05) is 60.7 Å². The van der Waals surface area contributed by atoms with Crippen LogP contribution in [0.1, 0.15) is 23.8 Å². The van der Waals surface area contributed by atoms with Crippen molar-refractivity contribution in [3.8, 4) is 0 Å². The van der Waals surface area contributed by atoms with Gasteiger partial charge in [-0.3, -0.25) is 9.69 Å². The maximum atomic E-state index is 13.5. The monoisotopic (exact) mass is 463 g/mol. The number of carbonyl (C=O) groups is 2. The summed E-state index contributed by atoms with van der Waals surface area (Å²) < 4.78 is 0. The van der Waals surface area contributed by atoms with Gasteiger partial charge in [-0.25, -0.2) is 9.78 Å². The van der Waals surface area contributed by atoms with Gasteiger partial charge in [0, 0.05) is 16.8 Å². The molecule has 0 bridgehead atoms. The molecule has 0 aliphatic carbocycles. The molecule has 0 radical (unpaired) electrons. The molecule has 4 aromatic rings. The number of Topliss-reactive ketones (excluding diaryl/α,β-unsaturated/α-hetero) is 1. The van der Waals surface area contributed by atoms with Crippen molar-refractivity contribution < 1.29 is 9.59 Å². The van der Waals surface area contributed by atoms with E-state index < -0.39 is 6.03 Å². The van der Waals surface area contributed by atoms with Gasteiger partial charge in [-0.15, -0.1) is 0 Å². The molecule has 4 rings (SSSR count). The summed E-state index contributed by atoms with van der Waals surface area (Å²) in [5.41, 5.74) is 2.43. The highest BCUT2D eigenvalue weighted by molar-refractivity contribution is 6.39. The maximum Gasteiger partial charge on any atom is 0.330 e. The number of hydrogen-bond acceptors (Lipinski definition) is 3. The summed E-state index contributed by atoms with van der Waals surface area (Å²) in [7, 11) is 0. The molecule has 1 heterocycles. The number of benzene rings is 3. The van der Waals surface area contributed by atoms with Crippen molar-refractivity contribution in [3.63, 3.8) is 0 Å². The van der Waals surface area contributed by atoms with E-state index in [-0.39, 0.29) is 17.9 Å². The third-order valence-electron chi connectivity index (χ3n) is 4.91. The van der Waals surface area contributed by atoms with Gasteiger partial charge in [0.25, 0.3) is 0 Å². The van der Waals surface area contributed by atoms with Crippen molar-refractivity contribution in [2.24, 2.45) is 0 Å². The highest BCUT2D eigenvalue weighted by atomic mass is 35.5. The summed E-state index contributed by atoms with van der Waals surface area (Å²) in [6.07, 6.45) is 0.278. The Bertz CT molecular complexity index is 1260. The molecule has 32 heavy (non-hydrogen) atoms. The Labute approximate surface area is 195 Å². The number of urea groups is 1. The minimum absolute atomic E-state index is 0.151. The largest absolute Gasteiger partial charge is 0.330 e. The Morgan fingerprint density at radius 3 is 2.06 bits per heavy atom. The molecule has 0 spiro atoms. The Hall–Kier alpha value is -3.41. The summed E-state index contributed by atoms with van der Waals surface area (Å²) in [6.45, 7) is 1.75. The van der Waals surface area contributed by atoms with Crippen LogP contribution in [0.4, 0.5) is 21.9 Å². The van der Waals surface area contributed by atoms with Crippen LogP contribution >= 0.6 is 23.2 Å². The SMILES string of the molecule is CCC(=O)c1cc(NC(=O)N(c2ccccc2)c2ccccc2)c2c(Cl)cc(Cl)cc2n1. The van der Waals surface area contributed by atoms with E-state index in [1.165, 1.54) is 0 Å². The van der Waals surface area contributed by atoms with Crippen LogP contribution in [0.5, 0.6) is 0 Å². The summed E-state index contributed by atoms with van der Waals surface area (Å²) in [4.78, 5) is 31.9. The maximum absolute atomic E-state index is 13.5. The number of halogens is 2. The van der Waals surface area contributed by atoms with Gasteiger partial charge >= 0.3 is 6.03 Å². The van der Waals surface area contributed by atoms with Crippen LogP contribution in [0.25, 0.3) is 10.9 Å². The van der Waals surface area contributed by atoms with Gasteiger partial charge in [-0.2, -0.15) is 0 Å². The number of hydrogen-bond donors (Lipinski definition) is 1. The third kappa shape index (κ3) is 4.44. The average Bonchev–Trinajstić information content (AvgIpc) is 2.79. The van der Waals surface area contributed by atoms with Gasteiger partial charge < -0.3 is 5.32 Å². The lowest BCUT2D eigenvalue weighted by molar-refractivity contribution is 0.0983. The molecule has 0 aliphatic rings. The van der Waals surface area contributed by atoms with E-state index in [2.05, 4.69) is 10.3 Å². The molecule has 160 valence electrons. The average molecular weight is 464 g/mol. The molecule has 5 nitrogen and oxygen atoms in total. The first-order chi connectivity index (χ1) is 15.5. The molecular formula is C25H19Cl2N3O2. The van der Waals surface area contributed by atoms with Crippen molar-refractivity contribution in [1.82, 2.24) is 4.98 Å². The molecule has 7 heteroatoms. The van der Waals surface area contributed by atoms with Crippen LogP contribution in [-0.4, -0.2) is 16.8 Å². The third-order valence-corrected chi connectivity index (χ3v) is 5.42. The fourth-order valence-electron chi connectivity index (χ4n) is 3.42. The second-order valence-corrected chi connectivity index (χ2v) is 7.89. The highest BCUT2D eigenvalue weighted by Gasteiger charge is 2.21. The zero-order valence-corrected chi connectivity index (χ0v) is 18.7. The molecule has 1 aromatic heterocycles. The van der Waals surface area contributed by atoms with E-state index in [0.29, 0.717) is 38.0 Å². The normalized spacial score (nSPS) is 10.7. The van der Waals surface area contributed by atoms with E-state index in [0.717, 1.165) is 0 Å². The van der Waals surface area contributed by atoms with Crippen LogP contribution < -0.4 is 10.2 Å². The van der Waals surface area contributed by atoms with Gasteiger partial charge in [-0.1, -0.05) is 66.5 Å². The van der Waals surface area contributed by atoms with Gasteiger partial charge in [-0.05, 0) is 42.5 Å². The van der Waals surface area contributed by atoms with E-state index in [9.17, 15) is 9.59 Å². The summed E-state index contributed by atoms with van der Waals surface area (Å²) in [5, 5.41) is 4.16. The number of fused-ring (bicyclic) bond motifs is 1. The number of para-hydroxylation sites is 2. The number of nitrogens with zero attached hydrogens (tertiary/aromatic N) is 2. The lowest BCUT2D eigenvalue weighted by Crippen LogP contribution is -2.31. The number of pyridine rings is 1. The summed E-state index contributed by atoms with van der Waals surface area (Å²) >= 11 is 12.6. The van der Waals surface area contributed by atoms with Crippen LogP contribution in [0.15, 0.2) is 78.9 Å². The molecule has 3 aromatic carbocycles. The van der Waals surface area contributed by atoms with Gasteiger partial charge in [0.2, 0.25) is 0 Å². The summed E-state index contributed by atoms with van der Waals surface area (Å²) in [5.74, 6) is -0.151. The number of anilines is 3. The van der Waals surface area contributed by atoms with E-state index in [4.69, 9.17) is 23.2 Å². The van der Waals surface area contributed by atoms with Gasteiger partial charge in [0.1, 0.15) is 5.69 Å². The van der Waals surface area contributed by atoms with Gasteiger partial charge in [0.15, 0.2) is 5.78 Å². The lowest BCUT2D eigenvalue weighted by Gasteiger charge is -2.24. The van der Waals surface area contributed by atoms with Crippen LogP contribution in [0.2, 0.25) is 10.0 Å². The van der Waals surface area contributed by atoms with Crippen LogP contribution in [0, 0.1) is 0 Å². The van der Waals surface area contributed by atoms with Crippen LogP contribution in [0.3, 0.4) is 0 Å². The number of ketones is 1. The van der Waals surface area contributed by atoms with E-state index in [1.54, 1.807) is 30.0 Å². The standard InChI is InChI=1S/C25H19Cl2N3O2/c1-2-23(31)20-15-22(24-19(27)13-16(26)14-21(24)28-20)29-25(32)30(17-9-5-3-6-10-17)18-11-7-4-8-12-18/h3-15H,2H2,1H3,(H,28,29,32). The molecule has 0 saturated heterocycles. The molecule has 0 aliphatic heterocycles. The van der Waals surface area contributed by atoms with Crippen molar-refractivity contribution in [1.29, 1.82) is 0 Å². The number of rotatable bonds is 5. The van der Waals surface area contributed by atoms with Crippen molar-refractivity contribution >= 4 is 63.0 Å². The first-order valence-electron chi connectivity index (χ1n) is 10.0. The lowest BCUT2D eigenvalue weighted by atomic mass is 10.1. The quantitative estimate of drug-likeness (QED) is 0.311. The fourth-order valence-corrected chi connectivity index (χ4v) is 4.00. The Balaban J connectivity index is 1.83. The number of carbonyl (C=O) groups excluding carboxylic acids is 2. The van der Waals surface area contributed by atoms with Gasteiger partial charge in [0.05, 0.1) is 27.6 Å². The van der Waals surface area contributed by atoms with Crippen molar-refractivity contribution in [3.05, 3.63) is 94.6 Å². The molecule has 0 unspecified atom stereocenters. The zero-order valence-electron chi connectivity index (χ0n) is 17.2. The first-order valence-corrected chi connectivity index (χ1v) is 10.8. The number of nitrogens with one attached hydrogen (secondary N) is 1. The zero-order chi connectivity index (χ0) is 22.7. The minimum Gasteiger partial charge on any atom is -0.306 e. The highest BCUT2D eigenvalue weighted by Crippen LogP contribution is 2.34. The fraction of sp³-hybridized carbons (Fsp3) is 0.0800. The predicted molar refractivity (Wildman–Crippen MR) is 130 cm³/mol. The van der Waals surface area contributed by atoms with Crippen molar-refractivity contribution in [2.75, 3.05) is 10.2 Å². The minimum atomic E-state index is -0.407. The Kier molecular flexibility index (Phi) is 6.40. The molecule has 0 fully saturated rings. The first kappa shape index (κ1) is 21.8. The number of amides is 2. The van der Waals surface area contributed by atoms with Crippen LogP contribution in [-0.2, 0) is 0 Å². The molecular weight excluding hydrogens is 445 g/mol. The van der Waals surface area contributed by atoms with Crippen molar-refractivity contribution in [2.45, 2.75) is 13.3 Å². The second-order valence-electron chi connectivity index (χ2n) is 7.05. The molecule has 2 amide bonds. The molecule has 0 saturated carbocycles. The summed E-state index contributed by atoms with van der Waals surface area (Å²) in [6, 6.07) is 22.9. The number of aromatic nitrogens is 1. The Morgan fingerprint density at radius 2 is 1.50 bits per heavy atom. The van der Waals surface area contributed by atoms with E-state index >= 15 is 0 Å². The Morgan fingerprint density at radius 1 is 0.906 bits per heavy atom. The predicted octanol–water partition coefficient (Wildman–Crippen LogP) is 7.50. The topological polar surface area (TPSA) is 62.3 Å².